The largest absolute Gasteiger partial charge is 0.210 e. The van der Waals surface area contributed by atoms with E-state index < -0.39 is 0 Å². The molecule has 0 rings (SSSR count). The minimum Gasteiger partial charge on any atom is -0.210 e. The third kappa shape index (κ3) is 2620. The Morgan fingerprint density at radius 1 is 1.43 bits per heavy atom. The van der Waals surface area contributed by atoms with Crippen molar-refractivity contribution in [2.45, 2.75) is 20.8 Å². The molecule has 0 amide bonds. The summed E-state index contributed by atoms with van der Waals surface area (Å²) in [5, 5.41) is 0. The smallest absolute Gasteiger partial charge is 0.196 e. The standard InChI is InChI=1S/C4H10.HNOS/c1-4(2)3;1-3-2/h4H,1-3H3;1H. The summed E-state index contributed by atoms with van der Waals surface area (Å²) in [6.45, 7) is 6.50. The van der Waals surface area contributed by atoms with Crippen LogP contribution in [0.15, 0.2) is 0 Å². The van der Waals surface area contributed by atoms with E-state index in [4.69, 9.17) is 8.99 Å². The van der Waals surface area contributed by atoms with Gasteiger partial charge in [-0.05, 0) is 5.92 Å². The van der Waals surface area contributed by atoms with Gasteiger partial charge in [0.15, 0.2) is 11.5 Å². The Morgan fingerprint density at radius 2 is 1.43 bits per heavy atom. The van der Waals surface area contributed by atoms with Crippen molar-refractivity contribution in [2.75, 3.05) is 0 Å². The van der Waals surface area contributed by atoms with Crippen molar-refractivity contribution >= 4 is 11.5 Å². The molecule has 44 valence electrons. The van der Waals surface area contributed by atoms with E-state index in [0.29, 0.717) is 0 Å². The van der Waals surface area contributed by atoms with Crippen LogP contribution < -0.4 is 0 Å². The highest BCUT2D eigenvalue weighted by Gasteiger charge is 1.68. The zero-order chi connectivity index (χ0) is 6.28. The SMILES string of the molecule is CC(C)C.N=S=O. The predicted molar refractivity (Wildman–Crippen MR) is 31.4 cm³/mol. The average Bonchev–Trinajstić information content (AvgIpc) is 1.33. The molecule has 0 spiro atoms. The van der Waals surface area contributed by atoms with Crippen molar-refractivity contribution in [1.29, 1.82) is 4.78 Å². The summed E-state index contributed by atoms with van der Waals surface area (Å²) in [7, 11) is 0. The first-order valence-corrected chi connectivity index (χ1v) is 2.84. The molecule has 0 aromatic carbocycles. The summed E-state index contributed by atoms with van der Waals surface area (Å²) >= 11 is -0.250. The minimum atomic E-state index is -0.250. The Balaban J connectivity index is 0. The Morgan fingerprint density at radius 3 is 1.43 bits per heavy atom. The maximum atomic E-state index is 8.51. The van der Waals surface area contributed by atoms with E-state index in [9.17, 15) is 0 Å². The van der Waals surface area contributed by atoms with Crippen LogP contribution in [0.2, 0.25) is 0 Å². The highest BCUT2D eigenvalue weighted by Crippen LogP contribution is 1.81. The Hall–Kier alpha value is -0.180. The lowest BCUT2D eigenvalue weighted by Crippen LogP contribution is -1.66. The van der Waals surface area contributed by atoms with Gasteiger partial charge >= 0.3 is 0 Å². The van der Waals surface area contributed by atoms with E-state index in [1.807, 2.05) is 0 Å². The van der Waals surface area contributed by atoms with Crippen molar-refractivity contribution in [3.63, 3.8) is 0 Å². The predicted octanol–water partition coefficient (Wildman–Crippen LogP) is 1.62. The van der Waals surface area contributed by atoms with Gasteiger partial charge in [-0.3, -0.25) is 0 Å². The second-order valence-corrected chi connectivity index (χ2v) is 1.98. The first-order chi connectivity index (χ1) is 3.15. The molecule has 0 radical (unpaired) electrons. The van der Waals surface area contributed by atoms with Crippen LogP contribution in [0, 0.1) is 10.7 Å². The quantitative estimate of drug-likeness (QED) is 0.520. The van der Waals surface area contributed by atoms with Crippen LogP contribution in [0.3, 0.4) is 0 Å². The van der Waals surface area contributed by atoms with Gasteiger partial charge in [0, 0.05) is 0 Å². The number of rotatable bonds is 0. The molecule has 0 aromatic rings. The van der Waals surface area contributed by atoms with E-state index in [-0.39, 0.29) is 11.5 Å². The Bertz CT molecular complexity index is 54.0. The van der Waals surface area contributed by atoms with E-state index in [1.54, 1.807) is 0 Å². The maximum absolute atomic E-state index is 8.51. The Labute approximate surface area is 48.0 Å². The van der Waals surface area contributed by atoms with Crippen molar-refractivity contribution in [3.05, 3.63) is 0 Å². The van der Waals surface area contributed by atoms with Crippen molar-refractivity contribution in [3.8, 4) is 0 Å². The normalized spacial score (nSPS) is 6.86. The van der Waals surface area contributed by atoms with Gasteiger partial charge in [0.25, 0.3) is 0 Å². The molecule has 0 saturated heterocycles. The third-order valence-electron chi connectivity index (χ3n) is 0. The van der Waals surface area contributed by atoms with Gasteiger partial charge in [-0.15, -0.1) is 0 Å². The topological polar surface area (TPSA) is 40.9 Å². The lowest BCUT2D eigenvalue weighted by Gasteiger charge is -1.79. The van der Waals surface area contributed by atoms with Crippen LogP contribution in [0.4, 0.5) is 0 Å². The van der Waals surface area contributed by atoms with Crippen molar-refractivity contribution in [1.82, 2.24) is 0 Å². The monoisotopic (exact) mass is 121 g/mol. The van der Waals surface area contributed by atoms with Crippen LogP contribution in [-0.4, -0.2) is 4.21 Å². The second kappa shape index (κ2) is 9.27. The first kappa shape index (κ1) is 9.94. The van der Waals surface area contributed by atoms with Crippen LogP contribution >= 0.6 is 0 Å². The molecule has 0 aromatic heterocycles. The van der Waals surface area contributed by atoms with Crippen molar-refractivity contribution in [2.24, 2.45) is 5.92 Å². The van der Waals surface area contributed by atoms with Crippen LogP contribution in [0.25, 0.3) is 0 Å². The number of hydrogen-bond donors (Lipinski definition) is 1. The van der Waals surface area contributed by atoms with Crippen molar-refractivity contribution < 1.29 is 4.21 Å². The molecule has 0 atom stereocenters. The molecule has 3 heteroatoms. The summed E-state index contributed by atoms with van der Waals surface area (Å²) in [6.07, 6.45) is 0. The zero-order valence-electron chi connectivity index (χ0n) is 4.89. The third-order valence-corrected chi connectivity index (χ3v) is 0. The molecular formula is C4H11NOS. The average molecular weight is 121 g/mol. The molecule has 0 bridgehead atoms. The number of nitrogens with one attached hydrogen (secondary N) is 1. The fraction of sp³-hybridized carbons (Fsp3) is 1.00. The molecule has 1 N–H and O–H groups in total. The molecule has 2 nitrogen and oxygen atoms in total. The first-order valence-electron chi connectivity index (χ1n) is 2.10. The zero-order valence-corrected chi connectivity index (χ0v) is 5.71. The van der Waals surface area contributed by atoms with Gasteiger partial charge < -0.3 is 0 Å². The van der Waals surface area contributed by atoms with Gasteiger partial charge in [0.1, 0.15) is 0 Å². The minimum absolute atomic E-state index is 0.250. The molecule has 0 saturated carbocycles. The summed E-state index contributed by atoms with van der Waals surface area (Å²) in [5.74, 6) is 0.833. The molecule has 0 aliphatic carbocycles. The molecule has 0 heterocycles. The van der Waals surface area contributed by atoms with Gasteiger partial charge in [-0.1, -0.05) is 20.8 Å². The van der Waals surface area contributed by atoms with Gasteiger partial charge in [0.2, 0.25) is 0 Å². The van der Waals surface area contributed by atoms with Gasteiger partial charge in [-0.2, -0.15) is 4.21 Å². The lowest BCUT2D eigenvalue weighted by atomic mass is 10.3. The fourth-order valence-corrected chi connectivity index (χ4v) is 0. The lowest BCUT2D eigenvalue weighted by molar-refractivity contribution is 0.697. The summed E-state index contributed by atoms with van der Waals surface area (Å²) in [5.41, 5.74) is 0. The van der Waals surface area contributed by atoms with Crippen LogP contribution in [0.1, 0.15) is 20.8 Å². The summed E-state index contributed by atoms with van der Waals surface area (Å²) in [6, 6.07) is 0. The summed E-state index contributed by atoms with van der Waals surface area (Å²) in [4.78, 5) is 0. The van der Waals surface area contributed by atoms with E-state index in [0.717, 1.165) is 5.92 Å². The van der Waals surface area contributed by atoms with E-state index in [1.165, 1.54) is 0 Å². The van der Waals surface area contributed by atoms with Crippen LogP contribution in [-0.2, 0) is 11.5 Å². The number of hydrogen-bond acceptors (Lipinski definition) is 2. The molecule has 0 fully saturated rings. The molecule has 7 heavy (non-hydrogen) atoms. The van der Waals surface area contributed by atoms with E-state index in [2.05, 4.69) is 20.8 Å². The fourth-order valence-electron chi connectivity index (χ4n) is 0. The highest BCUT2D eigenvalue weighted by atomic mass is 32.1. The molecule has 0 aliphatic rings. The van der Waals surface area contributed by atoms with E-state index >= 15 is 0 Å². The second-order valence-electron chi connectivity index (χ2n) is 1.82. The van der Waals surface area contributed by atoms with Gasteiger partial charge in [0.05, 0.1) is 0 Å². The van der Waals surface area contributed by atoms with Crippen LogP contribution in [0.5, 0.6) is 0 Å². The maximum Gasteiger partial charge on any atom is 0.196 e. The molecular weight excluding hydrogens is 110 g/mol. The molecule has 0 aliphatic heterocycles. The Kier molecular flexibility index (Phi) is 13.2. The van der Waals surface area contributed by atoms with Gasteiger partial charge in [-0.25, -0.2) is 4.78 Å². The highest BCUT2D eigenvalue weighted by molar-refractivity contribution is 7.53. The molecule has 0 unspecified atom stereocenters. The summed E-state index contributed by atoms with van der Waals surface area (Å²) < 4.78 is 14.1.